The molecule has 1 aromatic heterocycles. The molecule has 0 aliphatic heterocycles. The van der Waals surface area contributed by atoms with Crippen molar-refractivity contribution in [2.75, 3.05) is 11.9 Å². The minimum absolute atomic E-state index is 0.151. The van der Waals surface area contributed by atoms with Crippen LogP contribution >= 0.6 is 23.1 Å². The van der Waals surface area contributed by atoms with Gasteiger partial charge >= 0.3 is 0 Å². The highest BCUT2D eigenvalue weighted by Gasteiger charge is 2.26. The van der Waals surface area contributed by atoms with Crippen molar-refractivity contribution in [1.82, 2.24) is 15.1 Å². The molecule has 20 heavy (non-hydrogen) atoms. The Balaban J connectivity index is 2.68. The van der Waals surface area contributed by atoms with Crippen LogP contribution in [-0.2, 0) is 4.79 Å². The van der Waals surface area contributed by atoms with Crippen LogP contribution in [0.25, 0.3) is 0 Å². The third-order valence-corrected chi connectivity index (χ3v) is 4.78. The molecule has 0 saturated heterocycles. The summed E-state index contributed by atoms with van der Waals surface area (Å²) in [7, 11) is 0. The average molecular weight is 316 g/mol. The van der Waals surface area contributed by atoms with E-state index in [-0.39, 0.29) is 23.2 Å². The molecule has 0 bridgehead atoms. The molecule has 0 aliphatic carbocycles. The zero-order valence-electron chi connectivity index (χ0n) is 13.0. The number of hydrogen-bond acceptors (Lipinski definition) is 6. The number of nitrogens with one attached hydrogen (secondary N) is 1. The van der Waals surface area contributed by atoms with Crippen LogP contribution in [0, 0.1) is 0 Å². The highest BCUT2D eigenvalue weighted by atomic mass is 32.2. The van der Waals surface area contributed by atoms with Gasteiger partial charge in [-0.15, -0.1) is 10.2 Å². The van der Waals surface area contributed by atoms with Crippen LogP contribution < -0.4 is 5.32 Å². The number of nitrogens with zero attached hydrogens (tertiary/aromatic N) is 3. The Kier molecular flexibility index (Phi) is 6.75. The molecule has 5 nitrogen and oxygen atoms in total. The molecule has 1 aromatic rings. The van der Waals surface area contributed by atoms with E-state index in [0.29, 0.717) is 0 Å². The average Bonchev–Trinajstić information content (AvgIpc) is 2.76. The lowest BCUT2D eigenvalue weighted by atomic mass is 10.2. The summed E-state index contributed by atoms with van der Waals surface area (Å²) in [6, 6.07) is 0.412. The van der Waals surface area contributed by atoms with E-state index in [4.69, 9.17) is 0 Å². The van der Waals surface area contributed by atoms with Gasteiger partial charge in [-0.1, -0.05) is 23.1 Å². The summed E-state index contributed by atoms with van der Waals surface area (Å²) in [5.41, 5.74) is 0. The van der Waals surface area contributed by atoms with Gasteiger partial charge < -0.3 is 10.2 Å². The third-order valence-electron chi connectivity index (χ3n) is 2.73. The molecule has 0 spiro atoms. The normalized spacial score (nSPS) is 12.8. The summed E-state index contributed by atoms with van der Waals surface area (Å²) < 4.78 is 0.828. The lowest BCUT2D eigenvalue weighted by Gasteiger charge is -2.32. The van der Waals surface area contributed by atoms with Crippen molar-refractivity contribution in [1.29, 1.82) is 0 Å². The summed E-state index contributed by atoms with van der Waals surface area (Å²) in [5.74, 6) is 0.153. The second kappa shape index (κ2) is 7.83. The Morgan fingerprint density at radius 3 is 2.35 bits per heavy atom. The fraction of sp³-hybridized carbons (Fsp3) is 0.769. The minimum Gasteiger partial charge on any atom is -0.360 e. The lowest BCUT2D eigenvalue weighted by Crippen LogP contribution is -2.45. The number of carbonyl (C=O) groups is 1. The maximum absolute atomic E-state index is 12.5. The number of hydrogen-bond donors (Lipinski definition) is 1. The fourth-order valence-electron chi connectivity index (χ4n) is 2.00. The largest absolute Gasteiger partial charge is 0.360 e. The monoisotopic (exact) mass is 316 g/mol. The number of carbonyl (C=O) groups excluding carboxylic acids is 1. The van der Waals surface area contributed by atoms with E-state index in [1.54, 1.807) is 0 Å². The van der Waals surface area contributed by atoms with Gasteiger partial charge in [0.2, 0.25) is 11.0 Å². The van der Waals surface area contributed by atoms with Crippen LogP contribution in [0.1, 0.15) is 41.5 Å². The first kappa shape index (κ1) is 17.2. The molecule has 0 fully saturated rings. The van der Waals surface area contributed by atoms with Crippen LogP contribution in [0.5, 0.6) is 0 Å². The maximum atomic E-state index is 12.5. The molecule has 1 heterocycles. The topological polar surface area (TPSA) is 58.1 Å². The van der Waals surface area contributed by atoms with E-state index in [1.165, 1.54) is 23.1 Å². The first-order chi connectivity index (χ1) is 9.36. The second-order valence-electron chi connectivity index (χ2n) is 5.10. The quantitative estimate of drug-likeness (QED) is 0.783. The Labute approximate surface area is 129 Å². The van der Waals surface area contributed by atoms with E-state index in [2.05, 4.69) is 15.5 Å². The summed E-state index contributed by atoms with van der Waals surface area (Å²) >= 11 is 2.97. The number of thioether (sulfide) groups is 1. The number of amides is 1. The first-order valence-electron chi connectivity index (χ1n) is 6.93. The van der Waals surface area contributed by atoms with Gasteiger partial charge in [-0.3, -0.25) is 4.79 Å². The minimum atomic E-state index is -0.151. The second-order valence-corrected chi connectivity index (χ2v) is 7.66. The van der Waals surface area contributed by atoms with Crippen molar-refractivity contribution in [2.24, 2.45) is 0 Å². The molecule has 0 aliphatic rings. The summed E-state index contributed by atoms with van der Waals surface area (Å²) in [5, 5.41) is 11.9. The van der Waals surface area contributed by atoms with E-state index >= 15 is 0 Å². The van der Waals surface area contributed by atoms with Crippen molar-refractivity contribution in [2.45, 2.75) is 63.2 Å². The van der Waals surface area contributed by atoms with Crippen LogP contribution in [0.4, 0.5) is 5.13 Å². The molecular formula is C13H24N4OS2. The summed E-state index contributed by atoms with van der Waals surface area (Å²) in [4.78, 5) is 14.4. The predicted octanol–water partition coefficient (Wildman–Crippen LogP) is 3.10. The van der Waals surface area contributed by atoms with Crippen molar-refractivity contribution in [3.05, 3.63) is 0 Å². The molecule has 1 N–H and O–H groups in total. The predicted molar refractivity (Wildman–Crippen MR) is 86.5 cm³/mol. The Bertz CT molecular complexity index is 426. The SMILES string of the molecule is CCNc1nnc(S[C@H](C)C(=O)N(C(C)C)C(C)C)s1. The zero-order chi connectivity index (χ0) is 15.3. The standard InChI is InChI=1S/C13H24N4OS2/c1-7-14-12-15-16-13(20-12)19-10(6)11(18)17(8(2)3)9(4)5/h8-10H,7H2,1-6H3,(H,14,15)/t10-/m1/s1. The lowest BCUT2D eigenvalue weighted by molar-refractivity contribution is -0.133. The summed E-state index contributed by atoms with van der Waals surface area (Å²) in [6.07, 6.45) is 0. The zero-order valence-corrected chi connectivity index (χ0v) is 14.6. The van der Waals surface area contributed by atoms with Crippen LogP contribution in [-0.4, -0.2) is 44.9 Å². The third kappa shape index (κ3) is 4.63. The van der Waals surface area contributed by atoms with Crippen molar-refractivity contribution < 1.29 is 4.79 Å². The Morgan fingerprint density at radius 1 is 1.25 bits per heavy atom. The molecule has 7 heteroatoms. The fourth-order valence-corrected chi connectivity index (χ4v) is 4.02. The first-order valence-corrected chi connectivity index (χ1v) is 8.62. The van der Waals surface area contributed by atoms with Crippen LogP contribution in [0.15, 0.2) is 4.34 Å². The maximum Gasteiger partial charge on any atom is 0.236 e. The molecule has 0 aromatic carbocycles. The Hall–Kier alpha value is -0.820. The van der Waals surface area contributed by atoms with Gasteiger partial charge in [0, 0.05) is 18.6 Å². The number of aromatic nitrogens is 2. The molecule has 1 amide bonds. The summed E-state index contributed by atoms with van der Waals surface area (Å²) in [6.45, 7) is 12.9. The molecule has 0 radical (unpaired) electrons. The molecule has 1 atom stereocenters. The van der Waals surface area contributed by atoms with E-state index in [0.717, 1.165) is 16.0 Å². The van der Waals surface area contributed by atoms with Gasteiger partial charge in [0.05, 0.1) is 5.25 Å². The van der Waals surface area contributed by atoms with Gasteiger partial charge in [0.15, 0.2) is 4.34 Å². The highest BCUT2D eigenvalue weighted by Crippen LogP contribution is 2.30. The molecule has 0 unspecified atom stereocenters. The number of anilines is 1. The van der Waals surface area contributed by atoms with E-state index < -0.39 is 0 Å². The van der Waals surface area contributed by atoms with Gasteiger partial charge in [-0.25, -0.2) is 0 Å². The van der Waals surface area contributed by atoms with E-state index in [9.17, 15) is 4.79 Å². The highest BCUT2D eigenvalue weighted by molar-refractivity contribution is 8.02. The Morgan fingerprint density at radius 2 is 1.85 bits per heavy atom. The van der Waals surface area contributed by atoms with Crippen LogP contribution in [0.3, 0.4) is 0 Å². The number of rotatable bonds is 7. The van der Waals surface area contributed by atoms with Crippen LogP contribution in [0.2, 0.25) is 0 Å². The van der Waals surface area contributed by atoms with E-state index in [1.807, 2.05) is 46.4 Å². The smallest absolute Gasteiger partial charge is 0.236 e. The van der Waals surface area contributed by atoms with Gasteiger partial charge in [0.25, 0.3) is 0 Å². The molecule has 0 saturated carbocycles. The van der Waals surface area contributed by atoms with Crippen molar-refractivity contribution >= 4 is 34.1 Å². The van der Waals surface area contributed by atoms with Gasteiger partial charge in [0.1, 0.15) is 0 Å². The molecular weight excluding hydrogens is 292 g/mol. The van der Waals surface area contributed by atoms with Gasteiger partial charge in [-0.05, 0) is 41.5 Å². The van der Waals surface area contributed by atoms with Gasteiger partial charge in [-0.2, -0.15) is 0 Å². The van der Waals surface area contributed by atoms with Crippen molar-refractivity contribution in [3.8, 4) is 0 Å². The molecule has 1 rings (SSSR count). The molecule has 114 valence electrons. The van der Waals surface area contributed by atoms with Crippen molar-refractivity contribution in [3.63, 3.8) is 0 Å².